The van der Waals surface area contributed by atoms with E-state index < -0.39 is 12.0 Å². The van der Waals surface area contributed by atoms with Crippen molar-refractivity contribution >= 4 is 17.7 Å². The summed E-state index contributed by atoms with van der Waals surface area (Å²) < 4.78 is -0.313. The first kappa shape index (κ1) is 11.4. The van der Waals surface area contributed by atoms with Gasteiger partial charge in [0.15, 0.2) is 0 Å². The van der Waals surface area contributed by atoms with Gasteiger partial charge in [0.25, 0.3) is 0 Å². The molecule has 0 aliphatic carbocycles. The normalized spacial score (nSPS) is 27.9. The number of pyridine rings is 1. The van der Waals surface area contributed by atoms with E-state index in [1.165, 1.54) is 0 Å². The summed E-state index contributed by atoms with van der Waals surface area (Å²) in [4.78, 5) is 15.1. The fourth-order valence-electron chi connectivity index (χ4n) is 1.82. The predicted octanol–water partition coefficient (Wildman–Crippen LogP) is 1.65. The number of carbonyl (C=O) groups is 1. The van der Waals surface area contributed by atoms with Gasteiger partial charge in [0, 0.05) is 17.1 Å². The van der Waals surface area contributed by atoms with Gasteiger partial charge in [-0.2, -0.15) is 0 Å². The number of aromatic nitrogens is 1. The van der Waals surface area contributed by atoms with Crippen molar-refractivity contribution in [1.29, 1.82) is 0 Å². The Kier molecular flexibility index (Phi) is 2.90. The van der Waals surface area contributed by atoms with Crippen LogP contribution in [0.25, 0.3) is 0 Å². The van der Waals surface area contributed by atoms with Gasteiger partial charge < -0.3 is 5.11 Å². The van der Waals surface area contributed by atoms with Crippen LogP contribution in [0, 0.1) is 0 Å². The summed E-state index contributed by atoms with van der Waals surface area (Å²) in [6.07, 6.45) is 3.48. The van der Waals surface area contributed by atoms with E-state index in [1.807, 2.05) is 26.0 Å². The van der Waals surface area contributed by atoms with Crippen LogP contribution in [0.4, 0.5) is 0 Å². The molecular formula is C11H14N2O2S. The third kappa shape index (κ3) is 2.05. The third-order valence-electron chi connectivity index (χ3n) is 2.67. The highest BCUT2D eigenvalue weighted by Gasteiger charge is 2.45. The first-order chi connectivity index (χ1) is 7.50. The molecular weight excluding hydrogens is 224 g/mol. The topological polar surface area (TPSA) is 62.2 Å². The Labute approximate surface area is 98.5 Å². The molecule has 86 valence electrons. The van der Waals surface area contributed by atoms with Crippen LogP contribution in [-0.2, 0) is 4.79 Å². The third-order valence-corrected chi connectivity index (χ3v) is 4.16. The Bertz CT molecular complexity index is 394. The molecule has 1 aromatic rings. The van der Waals surface area contributed by atoms with Crippen LogP contribution in [0.3, 0.4) is 0 Å². The molecule has 0 aromatic carbocycles. The van der Waals surface area contributed by atoms with E-state index in [1.54, 1.807) is 24.2 Å². The van der Waals surface area contributed by atoms with Gasteiger partial charge in [-0.3, -0.25) is 15.1 Å². The zero-order valence-corrected chi connectivity index (χ0v) is 9.99. The summed E-state index contributed by atoms with van der Waals surface area (Å²) in [7, 11) is 0. The van der Waals surface area contributed by atoms with Gasteiger partial charge in [0.2, 0.25) is 0 Å². The highest BCUT2D eigenvalue weighted by atomic mass is 32.2. The van der Waals surface area contributed by atoms with E-state index in [2.05, 4.69) is 10.3 Å². The van der Waals surface area contributed by atoms with Crippen molar-refractivity contribution in [2.75, 3.05) is 0 Å². The van der Waals surface area contributed by atoms with Gasteiger partial charge in [-0.15, -0.1) is 11.8 Å². The molecule has 2 atom stereocenters. The first-order valence-corrected chi connectivity index (χ1v) is 5.95. The lowest BCUT2D eigenvalue weighted by atomic mass is 10.0. The van der Waals surface area contributed by atoms with Gasteiger partial charge >= 0.3 is 5.97 Å². The van der Waals surface area contributed by atoms with E-state index in [0.29, 0.717) is 0 Å². The van der Waals surface area contributed by atoms with Crippen molar-refractivity contribution in [1.82, 2.24) is 10.3 Å². The van der Waals surface area contributed by atoms with Crippen LogP contribution >= 0.6 is 11.8 Å². The standard InChI is InChI=1S/C11H14N2O2S/c1-11(2)8(10(14)15)13-9(16-11)7-4-3-5-12-6-7/h3-6,8-9,13H,1-2H3,(H,14,15)/t8-,9-/m1/s1. The van der Waals surface area contributed by atoms with E-state index >= 15 is 0 Å². The Morgan fingerprint density at radius 2 is 2.38 bits per heavy atom. The molecule has 2 heterocycles. The zero-order chi connectivity index (χ0) is 11.8. The lowest BCUT2D eigenvalue weighted by molar-refractivity contribution is -0.139. The number of rotatable bonds is 2. The number of aliphatic carboxylic acids is 1. The molecule has 2 rings (SSSR count). The average Bonchev–Trinajstić information content (AvgIpc) is 2.56. The van der Waals surface area contributed by atoms with Crippen LogP contribution < -0.4 is 5.32 Å². The van der Waals surface area contributed by atoms with E-state index in [-0.39, 0.29) is 10.1 Å². The van der Waals surface area contributed by atoms with Crippen molar-refractivity contribution in [3.63, 3.8) is 0 Å². The fourth-order valence-corrected chi connectivity index (χ4v) is 3.21. The molecule has 1 aliphatic rings. The molecule has 1 aromatic heterocycles. The second-order valence-corrected chi connectivity index (χ2v) is 6.08. The summed E-state index contributed by atoms with van der Waals surface area (Å²) in [6.45, 7) is 3.89. The average molecular weight is 238 g/mol. The second-order valence-electron chi connectivity index (χ2n) is 4.33. The summed E-state index contributed by atoms with van der Waals surface area (Å²) in [6, 6.07) is 3.29. The molecule has 1 fully saturated rings. The van der Waals surface area contributed by atoms with Crippen molar-refractivity contribution in [2.24, 2.45) is 0 Å². The van der Waals surface area contributed by atoms with Crippen molar-refractivity contribution < 1.29 is 9.90 Å². The Balaban J connectivity index is 2.21. The van der Waals surface area contributed by atoms with Crippen molar-refractivity contribution in [3.8, 4) is 0 Å². The minimum atomic E-state index is -0.802. The van der Waals surface area contributed by atoms with Crippen LogP contribution in [0.2, 0.25) is 0 Å². The summed E-state index contributed by atoms with van der Waals surface area (Å²) in [5.74, 6) is -0.802. The van der Waals surface area contributed by atoms with Crippen LogP contribution in [0.15, 0.2) is 24.5 Å². The van der Waals surface area contributed by atoms with Gasteiger partial charge in [-0.25, -0.2) is 0 Å². The molecule has 0 radical (unpaired) electrons. The maximum Gasteiger partial charge on any atom is 0.322 e. The van der Waals surface area contributed by atoms with Gasteiger partial charge in [-0.05, 0) is 25.5 Å². The number of hydrogen-bond acceptors (Lipinski definition) is 4. The molecule has 0 saturated carbocycles. The van der Waals surface area contributed by atoms with E-state index in [4.69, 9.17) is 5.11 Å². The van der Waals surface area contributed by atoms with E-state index in [9.17, 15) is 4.79 Å². The molecule has 0 amide bonds. The number of nitrogens with one attached hydrogen (secondary N) is 1. The largest absolute Gasteiger partial charge is 0.480 e. The maximum atomic E-state index is 11.1. The molecule has 1 aliphatic heterocycles. The SMILES string of the molecule is CC1(C)S[C@H](c2cccnc2)N[C@@H]1C(=O)O. The molecule has 5 heteroatoms. The van der Waals surface area contributed by atoms with Crippen LogP contribution in [0.5, 0.6) is 0 Å². The molecule has 0 spiro atoms. The minimum Gasteiger partial charge on any atom is -0.480 e. The number of carboxylic acid groups (broad SMARTS) is 1. The summed E-state index contributed by atoms with van der Waals surface area (Å²) in [5, 5.41) is 12.2. The Hall–Kier alpha value is -1.07. The zero-order valence-electron chi connectivity index (χ0n) is 9.18. The van der Waals surface area contributed by atoms with Crippen LogP contribution in [0.1, 0.15) is 24.8 Å². The van der Waals surface area contributed by atoms with E-state index in [0.717, 1.165) is 5.56 Å². The quantitative estimate of drug-likeness (QED) is 0.820. The van der Waals surface area contributed by atoms with Gasteiger partial charge in [0.05, 0.1) is 5.37 Å². The smallest absolute Gasteiger partial charge is 0.322 e. The van der Waals surface area contributed by atoms with Gasteiger partial charge in [0.1, 0.15) is 6.04 Å². The van der Waals surface area contributed by atoms with Crippen LogP contribution in [-0.4, -0.2) is 26.8 Å². The number of carboxylic acids is 1. The van der Waals surface area contributed by atoms with Gasteiger partial charge in [-0.1, -0.05) is 6.07 Å². The fraction of sp³-hybridized carbons (Fsp3) is 0.455. The molecule has 0 bridgehead atoms. The Morgan fingerprint density at radius 1 is 1.62 bits per heavy atom. The number of thioether (sulfide) groups is 1. The van der Waals surface area contributed by atoms with Crippen molar-refractivity contribution in [2.45, 2.75) is 30.0 Å². The lowest BCUT2D eigenvalue weighted by Gasteiger charge is -2.20. The number of hydrogen-bond donors (Lipinski definition) is 2. The molecule has 2 N–H and O–H groups in total. The molecule has 0 unspecified atom stereocenters. The Morgan fingerprint density at radius 3 is 2.88 bits per heavy atom. The molecule has 1 saturated heterocycles. The second kappa shape index (κ2) is 4.07. The van der Waals surface area contributed by atoms with Crippen molar-refractivity contribution in [3.05, 3.63) is 30.1 Å². The minimum absolute atomic E-state index is 0.00444. The molecule has 4 nitrogen and oxygen atoms in total. The highest BCUT2D eigenvalue weighted by molar-refractivity contribution is 8.01. The summed E-state index contributed by atoms with van der Waals surface area (Å²) in [5.41, 5.74) is 1.02. The first-order valence-electron chi connectivity index (χ1n) is 5.07. The lowest BCUT2D eigenvalue weighted by Crippen LogP contribution is -2.43. The maximum absolute atomic E-state index is 11.1. The summed E-state index contributed by atoms with van der Waals surface area (Å²) >= 11 is 1.63. The highest BCUT2D eigenvalue weighted by Crippen LogP contribution is 2.45. The monoisotopic (exact) mass is 238 g/mol. The molecule has 16 heavy (non-hydrogen) atoms. The number of nitrogens with zero attached hydrogens (tertiary/aromatic N) is 1. The predicted molar refractivity (Wildman–Crippen MR) is 63.2 cm³/mol.